The third-order valence-corrected chi connectivity index (χ3v) is 7.99. The second-order valence-corrected chi connectivity index (χ2v) is 10.2. The predicted octanol–water partition coefficient (Wildman–Crippen LogP) is 5.36. The van der Waals surface area contributed by atoms with Crippen LogP contribution in [0.4, 0.5) is 4.39 Å². The number of hydrogen-bond acceptors (Lipinski definition) is 5. The summed E-state index contributed by atoms with van der Waals surface area (Å²) in [5.41, 5.74) is 2.09. The number of carbonyl (C=O) groups excluding carboxylic acids is 2. The van der Waals surface area contributed by atoms with Crippen LogP contribution in [0.5, 0.6) is 5.75 Å². The van der Waals surface area contributed by atoms with Crippen LogP contribution in [0.3, 0.4) is 0 Å². The lowest BCUT2D eigenvalue weighted by Gasteiger charge is -2.43. The molecule has 2 aliphatic rings. The van der Waals surface area contributed by atoms with Crippen LogP contribution in [0.25, 0.3) is 11.3 Å². The van der Waals surface area contributed by atoms with Gasteiger partial charge in [-0.2, -0.15) is 0 Å². The van der Waals surface area contributed by atoms with Gasteiger partial charge < -0.3 is 19.1 Å². The number of hydrogen-bond donors (Lipinski definition) is 0. The molecule has 3 aromatic rings. The van der Waals surface area contributed by atoms with E-state index >= 15 is 0 Å². The molecule has 0 saturated carbocycles. The number of amides is 2. The van der Waals surface area contributed by atoms with E-state index in [2.05, 4.69) is 11.2 Å². The fraction of sp³-hybridized carbons (Fsp3) is 0.433. The van der Waals surface area contributed by atoms with Crippen molar-refractivity contribution in [3.8, 4) is 17.0 Å². The molecule has 0 bridgehead atoms. The standard InChI is InChI=1S/C30H34FN3O4/c1-2-33-19-20-37-26-9-4-3-7-22(26)8-5-6-14-30(29(33)36)15-17-34(18-16-30)28(35)25-21-38-32-27(25)23-10-12-24(31)13-11-23/h3-4,7,9-13,21H,2,5-6,8,14-20H2,1H3. The van der Waals surface area contributed by atoms with Gasteiger partial charge in [0.2, 0.25) is 5.91 Å². The van der Waals surface area contributed by atoms with Gasteiger partial charge in [0, 0.05) is 25.2 Å². The van der Waals surface area contributed by atoms with Gasteiger partial charge in [0.1, 0.15) is 35.7 Å². The third kappa shape index (κ3) is 5.30. The number of halogens is 1. The number of aromatic nitrogens is 1. The molecule has 3 heterocycles. The molecule has 1 fully saturated rings. The van der Waals surface area contributed by atoms with Gasteiger partial charge >= 0.3 is 0 Å². The molecular weight excluding hydrogens is 485 g/mol. The number of piperidine rings is 1. The van der Waals surface area contributed by atoms with E-state index in [1.165, 1.54) is 24.0 Å². The van der Waals surface area contributed by atoms with E-state index in [1.54, 1.807) is 17.0 Å². The predicted molar refractivity (Wildman–Crippen MR) is 141 cm³/mol. The number of carbonyl (C=O) groups is 2. The first-order valence-electron chi connectivity index (χ1n) is 13.5. The quantitative estimate of drug-likeness (QED) is 0.466. The molecule has 1 saturated heterocycles. The number of aryl methyl sites for hydroxylation is 1. The highest BCUT2D eigenvalue weighted by Crippen LogP contribution is 2.40. The Labute approximate surface area is 222 Å². The summed E-state index contributed by atoms with van der Waals surface area (Å²) in [7, 11) is 0. The lowest BCUT2D eigenvalue weighted by atomic mass is 9.73. The number of ether oxygens (including phenoxy) is 1. The molecule has 7 nitrogen and oxygen atoms in total. The number of likely N-dealkylation sites (N-methyl/N-ethyl adjacent to an activating group) is 1. The topological polar surface area (TPSA) is 75.9 Å². The second kappa shape index (κ2) is 11.4. The SMILES string of the molecule is CCN1CCOc2ccccc2CCCCC2(CCN(C(=O)c3conc3-c3ccc(F)cc3)CC2)C1=O. The maximum Gasteiger partial charge on any atom is 0.259 e. The van der Waals surface area contributed by atoms with Crippen molar-refractivity contribution in [2.45, 2.75) is 45.4 Å². The summed E-state index contributed by atoms with van der Waals surface area (Å²) in [6.45, 7) is 4.58. The summed E-state index contributed by atoms with van der Waals surface area (Å²) in [6, 6.07) is 14.0. The lowest BCUT2D eigenvalue weighted by molar-refractivity contribution is -0.145. The third-order valence-electron chi connectivity index (χ3n) is 7.99. The molecule has 2 amide bonds. The van der Waals surface area contributed by atoms with Crippen molar-refractivity contribution in [2.24, 2.45) is 5.41 Å². The summed E-state index contributed by atoms with van der Waals surface area (Å²) < 4.78 is 24.6. The second-order valence-electron chi connectivity index (χ2n) is 10.2. The Balaban J connectivity index is 1.31. The van der Waals surface area contributed by atoms with Crippen molar-refractivity contribution in [1.29, 1.82) is 0 Å². The van der Waals surface area contributed by atoms with Gasteiger partial charge in [-0.05, 0) is 74.9 Å². The minimum Gasteiger partial charge on any atom is -0.491 e. The van der Waals surface area contributed by atoms with Gasteiger partial charge in [-0.3, -0.25) is 9.59 Å². The summed E-state index contributed by atoms with van der Waals surface area (Å²) in [4.78, 5) is 31.0. The van der Waals surface area contributed by atoms with Crippen LogP contribution in [-0.2, 0) is 11.2 Å². The van der Waals surface area contributed by atoms with E-state index in [9.17, 15) is 14.0 Å². The highest BCUT2D eigenvalue weighted by atomic mass is 19.1. The average Bonchev–Trinajstić information content (AvgIpc) is 3.44. The minimum atomic E-state index is -0.486. The molecule has 0 N–H and O–H groups in total. The van der Waals surface area contributed by atoms with E-state index in [-0.39, 0.29) is 17.6 Å². The maximum absolute atomic E-state index is 13.9. The van der Waals surface area contributed by atoms with E-state index < -0.39 is 5.41 Å². The van der Waals surface area contributed by atoms with Crippen molar-refractivity contribution < 1.29 is 23.2 Å². The molecule has 2 aliphatic heterocycles. The normalized spacial score (nSPS) is 18.3. The van der Waals surface area contributed by atoms with Crippen molar-refractivity contribution >= 4 is 11.8 Å². The van der Waals surface area contributed by atoms with Crippen molar-refractivity contribution in [1.82, 2.24) is 15.0 Å². The van der Waals surface area contributed by atoms with Gasteiger partial charge in [-0.1, -0.05) is 29.8 Å². The lowest BCUT2D eigenvalue weighted by Crippen LogP contribution is -2.52. The molecule has 0 atom stereocenters. The molecule has 8 heteroatoms. The zero-order valence-corrected chi connectivity index (χ0v) is 21.8. The fourth-order valence-electron chi connectivity index (χ4n) is 5.72. The first-order chi connectivity index (χ1) is 18.5. The van der Waals surface area contributed by atoms with Crippen LogP contribution < -0.4 is 4.74 Å². The summed E-state index contributed by atoms with van der Waals surface area (Å²) in [5, 5.41) is 4.01. The molecule has 1 aromatic heterocycles. The van der Waals surface area contributed by atoms with Gasteiger partial charge in [0.05, 0.1) is 12.0 Å². The van der Waals surface area contributed by atoms with Crippen LogP contribution >= 0.6 is 0 Å². The Morgan fingerprint density at radius 3 is 2.55 bits per heavy atom. The van der Waals surface area contributed by atoms with Crippen molar-refractivity contribution in [3.05, 3.63) is 71.7 Å². The Hall–Kier alpha value is -3.68. The summed E-state index contributed by atoms with van der Waals surface area (Å²) >= 11 is 0. The molecule has 200 valence electrons. The van der Waals surface area contributed by atoms with Crippen molar-refractivity contribution in [3.63, 3.8) is 0 Å². The Morgan fingerprint density at radius 1 is 1.03 bits per heavy atom. The van der Waals surface area contributed by atoms with Gasteiger partial charge in [0.25, 0.3) is 5.91 Å². The number of benzene rings is 2. The highest BCUT2D eigenvalue weighted by molar-refractivity contribution is 5.99. The van der Waals surface area contributed by atoms with Crippen molar-refractivity contribution in [2.75, 3.05) is 32.8 Å². The molecule has 38 heavy (non-hydrogen) atoms. The molecule has 0 aliphatic carbocycles. The fourth-order valence-corrected chi connectivity index (χ4v) is 5.72. The van der Waals surface area contributed by atoms with Crippen LogP contribution in [0, 0.1) is 11.2 Å². The number of likely N-dealkylation sites (tertiary alicyclic amines) is 1. The summed E-state index contributed by atoms with van der Waals surface area (Å²) in [5.74, 6) is 0.539. The molecule has 0 unspecified atom stereocenters. The maximum atomic E-state index is 13.9. The van der Waals surface area contributed by atoms with E-state index in [0.717, 1.165) is 31.4 Å². The summed E-state index contributed by atoms with van der Waals surface area (Å²) in [6.07, 6.45) is 6.22. The zero-order chi connectivity index (χ0) is 26.5. The monoisotopic (exact) mass is 519 g/mol. The van der Waals surface area contributed by atoms with Crippen LogP contribution in [-0.4, -0.2) is 59.6 Å². The van der Waals surface area contributed by atoms with Gasteiger partial charge in [-0.15, -0.1) is 0 Å². The van der Waals surface area contributed by atoms with Crippen LogP contribution in [0.1, 0.15) is 54.9 Å². The molecule has 1 spiro atoms. The van der Waals surface area contributed by atoms with Crippen LogP contribution in [0.15, 0.2) is 59.3 Å². The number of fused-ring (bicyclic) bond motifs is 1. The Morgan fingerprint density at radius 2 is 1.79 bits per heavy atom. The van der Waals surface area contributed by atoms with E-state index in [0.29, 0.717) is 62.4 Å². The highest BCUT2D eigenvalue weighted by Gasteiger charge is 2.44. The van der Waals surface area contributed by atoms with E-state index in [4.69, 9.17) is 9.26 Å². The number of nitrogens with zero attached hydrogens (tertiary/aromatic N) is 3. The first-order valence-corrected chi connectivity index (χ1v) is 13.5. The number of rotatable bonds is 3. The molecule has 0 radical (unpaired) electrons. The van der Waals surface area contributed by atoms with Gasteiger partial charge in [0.15, 0.2) is 0 Å². The number of para-hydroxylation sites is 1. The molecule has 5 rings (SSSR count). The van der Waals surface area contributed by atoms with Gasteiger partial charge in [-0.25, -0.2) is 4.39 Å². The minimum absolute atomic E-state index is 0.168. The zero-order valence-electron chi connectivity index (χ0n) is 21.8. The smallest absolute Gasteiger partial charge is 0.259 e. The Kier molecular flexibility index (Phi) is 7.77. The first kappa shape index (κ1) is 25.9. The van der Waals surface area contributed by atoms with E-state index in [1.807, 2.05) is 30.0 Å². The molecule has 2 aromatic carbocycles. The largest absolute Gasteiger partial charge is 0.491 e. The van der Waals surface area contributed by atoms with Crippen LogP contribution in [0.2, 0.25) is 0 Å². The Bertz CT molecular complexity index is 1260. The molecular formula is C30H34FN3O4. The average molecular weight is 520 g/mol.